The Bertz CT molecular complexity index is 412. The van der Waals surface area contributed by atoms with Crippen molar-refractivity contribution in [2.45, 2.75) is 17.7 Å². The molecule has 0 aromatic carbocycles. The maximum absolute atomic E-state index is 11.5. The standard InChI is InChI=1S/C7H12N4O2S2/c8-7(14)2-1-3-11-15(12,13)6-4-9-10-5-6/h4-5,11H,1-3H2,(H2,8,14)(H,9,10). The lowest BCUT2D eigenvalue weighted by atomic mass is 10.3. The lowest BCUT2D eigenvalue weighted by Gasteiger charge is -2.03. The van der Waals surface area contributed by atoms with E-state index in [1.807, 2.05) is 0 Å². The number of hydrogen-bond acceptors (Lipinski definition) is 4. The van der Waals surface area contributed by atoms with Gasteiger partial charge in [-0.1, -0.05) is 12.2 Å². The van der Waals surface area contributed by atoms with Gasteiger partial charge >= 0.3 is 0 Å². The van der Waals surface area contributed by atoms with Crippen LogP contribution in [0.2, 0.25) is 0 Å². The summed E-state index contributed by atoms with van der Waals surface area (Å²) in [5, 5.41) is 5.99. The van der Waals surface area contributed by atoms with Crippen molar-refractivity contribution in [3.05, 3.63) is 12.4 Å². The molecule has 0 spiro atoms. The van der Waals surface area contributed by atoms with Crippen molar-refractivity contribution in [3.8, 4) is 0 Å². The fraction of sp³-hybridized carbons (Fsp3) is 0.429. The maximum Gasteiger partial charge on any atom is 0.243 e. The monoisotopic (exact) mass is 248 g/mol. The van der Waals surface area contributed by atoms with Crippen molar-refractivity contribution in [1.29, 1.82) is 0 Å². The molecule has 0 bridgehead atoms. The molecule has 0 unspecified atom stereocenters. The van der Waals surface area contributed by atoms with E-state index in [0.717, 1.165) is 0 Å². The summed E-state index contributed by atoms with van der Waals surface area (Å²) in [5.41, 5.74) is 5.28. The summed E-state index contributed by atoms with van der Waals surface area (Å²) in [6.45, 7) is 0.310. The van der Waals surface area contributed by atoms with Crippen LogP contribution >= 0.6 is 12.2 Å². The number of sulfonamides is 1. The third-order valence-electron chi connectivity index (χ3n) is 1.68. The van der Waals surface area contributed by atoms with Gasteiger partial charge in [0.05, 0.1) is 11.2 Å². The molecule has 0 saturated carbocycles. The molecule has 84 valence electrons. The lowest BCUT2D eigenvalue weighted by Crippen LogP contribution is -2.25. The Kier molecular flexibility index (Phi) is 4.18. The average Bonchev–Trinajstić information content (AvgIpc) is 2.65. The maximum atomic E-state index is 11.5. The molecule has 15 heavy (non-hydrogen) atoms. The van der Waals surface area contributed by atoms with E-state index in [0.29, 0.717) is 24.4 Å². The number of H-pyrrole nitrogens is 1. The lowest BCUT2D eigenvalue weighted by molar-refractivity contribution is 0.580. The molecule has 1 aromatic heterocycles. The summed E-state index contributed by atoms with van der Waals surface area (Å²) >= 11 is 4.67. The van der Waals surface area contributed by atoms with Gasteiger partial charge in [-0.3, -0.25) is 5.10 Å². The first-order valence-corrected chi connectivity index (χ1v) is 6.18. The van der Waals surface area contributed by atoms with Crippen LogP contribution in [0.15, 0.2) is 17.3 Å². The summed E-state index contributed by atoms with van der Waals surface area (Å²) in [7, 11) is -3.44. The van der Waals surface area contributed by atoms with Gasteiger partial charge in [-0.15, -0.1) is 0 Å². The van der Waals surface area contributed by atoms with Gasteiger partial charge in [-0.25, -0.2) is 13.1 Å². The van der Waals surface area contributed by atoms with Gasteiger partial charge in [0.2, 0.25) is 10.0 Å². The molecule has 0 amide bonds. The number of aromatic amines is 1. The molecule has 1 rings (SSSR count). The third kappa shape index (κ3) is 3.94. The Morgan fingerprint density at radius 1 is 1.67 bits per heavy atom. The van der Waals surface area contributed by atoms with Crippen LogP contribution in [0.25, 0.3) is 0 Å². The largest absolute Gasteiger partial charge is 0.393 e. The summed E-state index contributed by atoms with van der Waals surface area (Å²) in [6, 6.07) is 0. The number of hydrogen-bond donors (Lipinski definition) is 3. The molecule has 0 aliphatic carbocycles. The van der Waals surface area contributed by atoms with E-state index in [2.05, 4.69) is 27.1 Å². The quantitative estimate of drug-likeness (QED) is 0.476. The van der Waals surface area contributed by atoms with E-state index >= 15 is 0 Å². The molecule has 6 nitrogen and oxygen atoms in total. The zero-order valence-electron chi connectivity index (χ0n) is 7.93. The minimum atomic E-state index is -3.44. The SMILES string of the molecule is NC(=S)CCCNS(=O)(=O)c1cn[nH]c1. The summed E-state index contributed by atoms with van der Waals surface area (Å²) in [4.78, 5) is 0.510. The van der Waals surface area contributed by atoms with Crippen molar-refractivity contribution in [2.75, 3.05) is 6.54 Å². The first-order valence-electron chi connectivity index (χ1n) is 4.29. The van der Waals surface area contributed by atoms with Crippen LogP contribution in [0.4, 0.5) is 0 Å². The Balaban J connectivity index is 2.42. The average molecular weight is 248 g/mol. The first-order chi connectivity index (χ1) is 7.02. The van der Waals surface area contributed by atoms with Crippen molar-refractivity contribution >= 4 is 27.2 Å². The third-order valence-corrected chi connectivity index (χ3v) is 3.31. The van der Waals surface area contributed by atoms with Crippen LogP contribution in [0.5, 0.6) is 0 Å². The predicted molar refractivity (Wildman–Crippen MR) is 59.8 cm³/mol. The molecule has 0 atom stereocenters. The number of rotatable bonds is 6. The van der Waals surface area contributed by atoms with Gasteiger partial charge in [0, 0.05) is 12.7 Å². The second-order valence-corrected chi connectivity index (χ2v) is 5.19. The molecule has 1 heterocycles. The van der Waals surface area contributed by atoms with Crippen molar-refractivity contribution in [1.82, 2.24) is 14.9 Å². The topological polar surface area (TPSA) is 101 Å². The number of thiocarbonyl (C=S) groups is 1. The van der Waals surface area contributed by atoms with Crippen molar-refractivity contribution in [2.24, 2.45) is 5.73 Å². The van der Waals surface area contributed by atoms with E-state index < -0.39 is 10.0 Å². The highest BCUT2D eigenvalue weighted by atomic mass is 32.2. The van der Waals surface area contributed by atoms with Crippen LogP contribution in [-0.2, 0) is 10.0 Å². The van der Waals surface area contributed by atoms with Gasteiger partial charge in [0.25, 0.3) is 0 Å². The molecule has 4 N–H and O–H groups in total. The smallest absolute Gasteiger partial charge is 0.243 e. The van der Waals surface area contributed by atoms with E-state index in [9.17, 15) is 8.42 Å². The van der Waals surface area contributed by atoms with Crippen LogP contribution in [0.1, 0.15) is 12.8 Å². The molecule has 8 heteroatoms. The van der Waals surface area contributed by atoms with Crippen molar-refractivity contribution < 1.29 is 8.42 Å². The van der Waals surface area contributed by atoms with Gasteiger partial charge in [0.15, 0.2) is 0 Å². The molecule has 0 saturated heterocycles. The fourth-order valence-corrected chi connectivity index (χ4v) is 2.06. The highest BCUT2D eigenvalue weighted by molar-refractivity contribution is 7.89. The highest BCUT2D eigenvalue weighted by Gasteiger charge is 2.13. The van der Waals surface area contributed by atoms with Gasteiger partial charge in [-0.2, -0.15) is 5.10 Å². The Hall–Kier alpha value is -0.990. The molecular formula is C7H12N4O2S2. The molecule has 0 radical (unpaired) electrons. The molecule has 1 aromatic rings. The summed E-state index contributed by atoms with van der Waals surface area (Å²) < 4.78 is 25.4. The first kappa shape index (κ1) is 12.1. The predicted octanol–water partition coefficient (Wildman–Crippen LogP) is -0.246. The highest BCUT2D eigenvalue weighted by Crippen LogP contribution is 2.03. The second-order valence-electron chi connectivity index (χ2n) is 2.90. The summed E-state index contributed by atoms with van der Waals surface area (Å²) in [5.74, 6) is 0. The zero-order chi connectivity index (χ0) is 11.3. The fourth-order valence-electron chi connectivity index (χ4n) is 0.938. The Morgan fingerprint density at radius 3 is 2.93 bits per heavy atom. The van der Waals surface area contributed by atoms with E-state index in [1.54, 1.807) is 0 Å². The minimum Gasteiger partial charge on any atom is -0.393 e. The minimum absolute atomic E-state index is 0.123. The normalized spacial score (nSPS) is 11.5. The van der Waals surface area contributed by atoms with E-state index in [4.69, 9.17) is 5.73 Å². The van der Waals surface area contributed by atoms with E-state index in [-0.39, 0.29) is 4.90 Å². The van der Waals surface area contributed by atoms with Crippen LogP contribution < -0.4 is 10.5 Å². The molecule has 0 fully saturated rings. The molecule has 0 aliphatic heterocycles. The zero-order valence-corrected chi connectivity index (χ0v) is 9.57. The van der Waals surface area contributed by atoms with Crippen LogP contribution in [0.3, 0.4) is 0 Å². The van der Waals surface area contributed by atoms with Gasteiger partial charge < -0.3 is 5.73 Å². The van der Waals surface area contributed by atoms with E-state index in [1.165, 1.54) is 12.4 Å². The summed E-state index contributed by atoms with van der Waals surface area (Å²) in [6.07, 6.45) is 3.68. The molecular weight excluding hydrogens is 236 g/mol. The Morgan fingerprint density at radius 2 is 2.40 bits per heavy atom. The molecule has 0 aliphatic rings. The van der Waals surface area contributed by atoms with Gasteiger partial charge in [0.1, 0.15) is 4.90 Å². The van der Waals surface area contributed by atoms with Crippen LogP contribution in [-0.4, -0.2) is 30.1 Å². The number of nitrogens with zero attached hydrogens (tertiary/aromatic N) is 1. The Labute approximate surface area is 93.3 Å². The second kappa shape index (κ2) is 5.19. The number of nitrogens with two attached hydrogens (primary N) is 1. The number of aromatic nitrogens is 2. The van der Waals surface area contributed by atoms with Crippen molar-refractivity contribution in [3.63, 3.8) is 0 Å². The van der Waals surface area contributed by atoms with Gasteiger partial charge in [-0.05, 0) is 12.8 Å². The van der Waals surface area contributed by atoms with Crippen LogP contribution in [0, 0.1) is 0 Å². The number of nitrogens with one attached hydrogen (secondary N) is 2.